The van der Waals surface area contributed by atoms with Gasteiger partial charge >= 0.3 is 5.97 Å². The van der Waals surface area contributed by atoms with Gasteiger partial charge < -0.3 is 10.1 Å². The Hall–Kier alpha value is -0.570. The predicted molar refractivity (Wildman–Crippen MR) is 67.5 cm³/mol. The van der Waals surface area contributed by atoms with E-state index >= 15 is 0 Å². The van der Waals surface area contributed by atoms with Crippen LogP contribution in [0.15, 0.2) is 0 Å². The van der Waals surface area contributed by atoms with Crippen LogP contribution in [0.2, 0.25) is 0 Å². The minimum atomic E-state index is -0.168. The molecule has 1 atom stereocenters. The zero-order valence-corrected chi connectivity index (χ0v) is 11.1. The Balaban J connectivity index is 3.42. The SMILES string of the molecule is CCCCCNC(C)C(=O)OCCCCC. The second-order valence-corrected chi connectivity index (χ2v) is 4.26. The fourth-order valence-corrected chi connectivity index (χ4v) is 1.43. The topological polar surface area (TPSA) is 38.3 Å². The molecule has 0 spiro atoms. The number of carbonyl (C=O) groups excluding carboxylic acids is 1. The number of hydrogen-bond acceptors (Lipinski definition) is 3. The van der Waals surface area contributed by atoms with E-state index in [0.717, 1.165) is 32.2 Å². The third kappa shape index (κ3) is 8.72. The normalized spacial score (nSPS) is 12.4. The highest BCUT2D eigenvalue weighted by Crippen LogP contribution is 1.97. The van der Waals surface area contributed by atoms with Crippen molar-refractivity contribution < 1.29 is 9.53 Å². The summed E-state index contributed by atoms with van der Waals surface area (Å²) in [5, 5.41) is 3.18. The van der Waals surface area contributed by atoms with Crippen molar-refractivity contribution in [2.75, 3.05) is 13.2 Å². The van der Waals surface area contributed by atoms with Crippen LogP contribution < -0.4 is 5.32 Å². The van der Waals surface area contributed by atoms with Crippen LogP contribution in [-0.4, -0.2) is 25.2 Å². The lowest BCUT2D eigenvalue weighted by Crippen LogP contribution is -2.36. The molecule has 1 unspecified atom stereocenters. The van der Waals surface area contributed by atoms with Gasteiger partial charge in [0.05, 0.1) is 6.61 Å². The summed E-state index contributed by atoms with van der Waals surface area (Å²) in [6.07, 6.45) is 6.81. The predicted octanol–water partition coefficient (Wildman–Crippen LogP) is 2.89. The average molecular weight is 229 g/mol. The Kier molecular flexibility index (Phi) is 10.5. The molecule has 16 heavy (non-hydrogen) atoms. The smallest absolute Gasteiger partial charge is 0.322 e. The molecule has 1 N–H and O–H groups in total. The molecule has 0 fully saturated rings. The van der Waals surface area contributed by atoms with Crippen LogP contribution in [0.4, 0.5) is 0 Å². The Labute approximate surface area is 99.9 Å². The van der Waals surface area contributed by atoms with Gasteiger partial charge in [-0.1, -0.05) is 39.5 Å². The monoisotopic (exact) mass is 229 g/mol. The van der Waals surface area contributed by atoms with Crippen LogP contribution in [0, 0.1) is 0 Å². The summed E-state index contributed by atoms with van der Waals surface area (Å²) in [4.78, 5) is 11.5. The third-order valence-electron chi connectivity index (χ3n) is 2.58. The summed E-state index contributed by atoms with van der Waals surface area (Å²) in [5.41, 5.74) is 0. The Morgan fingerprint density at radius 2 is 1.75 bits per heavy atom. The third-order valence-corrected chi connectivity index (χ3v) is 2.58. The van der Waals surface area contributed by atoms with Crippen molar-refractivity contribution in [2.24, 2.45) is 0 Å². The van der Waals surface area contributed by atoms with Gasteiger partial charge in [0.25, 0.3) is 0 Å². The van der Waals surface area contributed by atoms with Crippen molar-refractivity contribution in [3.8, 4) is 0 Å². The average Bonchev–Trinajstić information content (AvgIpc) is 2.29. The lowest BCUT2D eigenvalue weighted by molar-refractivity contribution is -0.145. The van der Waals surface area contributed by atoms with Crippen molar-refractivity contribution in [1.29, 1.82) is 0 Å². The lowest BCUT2D eigenvalue weighted by Gasteiger charge is -2.12. The van der Waals surface area contributed by atoms with E-state index in [4.69, 9.17) is 4.74 Å². The second kappa shape index (κ2) is 10.9. The van der Waals surface area contributed by atoms with Crippen LogP contribution >= 0.6 is 0 Å². The molecule has 0 rings (SSSR count). The van der Waals surface area contributed by atoms with E-state index in [1.807, 2.05) is 6.92 Å². The highest BCUT2D eigenvalue weighted by molar-refractivity contribution is 5.75. The first kappa shape index (κ1) is 15.4. The number of unbranched alkanes of at least 4 members (excludes halogenated alkanes) is 4. The summed E-state index contributed by atoms with van der Waals surface area (Å²) in [6, 6.07) is -0.168. The van der Waals surface area contributed by atoms with Crippen LogP contribution in [0.5, 0.6) is 0 Å². The Morgan fingerprint density at radius 3 is 2.38 bits per heavy atom. The molecule has 0 aromatic carbocycles. The number of carbonyl (C=O) groups is 1. The molecule has 0 amide bonds. The fraction of sp³-hybridized carbons (Fsp3) is 0.923. The van der Waals surface area contributed by atoms with E-state index < -0.39 is 0 Å². The quantitative estimate of drug-likeness (QED) is 0.462. The van der Waals surface area contributed by atoms with E-state index in [2.05, 4.69) is 19.2 Å². The first-order chi connectivity index (χ1) is 7.72. The van der Waals surface area contributed by atoms with Crippen molar-refractivity contribution in [3.63, 3.8) is 0 Å². The molecule has 3 nitrogen and oxygen atoms in total. The molecule has 0 bridgehead atoms. The largest absolute Gasteiger partial charge is 0.465 e. The van der Waals surface area contributed by atoms with E-state index in [1.165, 1.54) is 12.8 Å². The zero-order valence-electron chi connectivity index (χ0n) is 11.1. The van der Waals surface area contributed by atoms with Gasteiger partial charge in [-0.05, 0) is 26.3 Å². The number of rotatable bonds is 10. The number of hydrogen-bond donors (Lipinski definition) is 1. The minimum absolute atomic E-state index is 0.118. The summed E-state index contributed by atoms with van der Waals surface area (Å²) < 4.78 is 5.16. The second-order valence-electron chi connectivity index (χ2n) is 4.26. The Morgan fingerprint density at radius 1 is 1.12 bits per heavy atom. The van der Waals surface area contributed by atoms with Crippen molar-refractivity contribution in [1.82, 2.24) is 5.32 Å². The molecule has 0 saturated heterocycles. The zero-order chi connectivity index (χ0) is 12.2. The maximum Gasteiger partial charge on any atom is 0.322 e. The van der Waals surface area contributed by atoms with Gasteiger partial charge in [0.2, 0.25) is 0 Å². The van der Waals surface area contributed by atoms with Gasteiger partial charge in [-0.25, -0.2) is 0 Å². The van der Waals surface area contributed by atoms with E-state index in [0.29, 0.717) is 6.61 Å². The number of ether oxygens (including phenoxy) is 1. The molecule has 0 aliphatic rings. The molecule has 0 radical (unpaired) electrons. The van der Waals surface area contributed by atoms with Crippen LogP contribution in [-0.2, 0) is 9.53 Å². The Bertz CT molecular complexity index is 171. The van der Waals surface area contributed by atoms with Gasteiger partial charge in [-0.2, -0.15) is 0 Å². The maximum atomic E-state index is 11.5. The first-order valence-electron chi connectivity index (χ1n) is 6.62. The summed E-state index contributed by atoms with van der Waals surface area (Å²) in [5.74, 6) is -0.118. The molecule has 3 heteroatoms. The first-order valence-corrected chi connectivity index (χ1v) is 6.62. The standard InChI is InChI=1S/C13H27NO2/c1-4-6-8-10-14-12(3)13(15)16-11-9-7-5-2/h12,14H,4-11H2,1-3H3. The molecule has 0 aliphatic carbocycles. The molecule has 96 valence electrons. The number of esters is 1. The van der Waals surface area contributed by atoms with Gasteiger partial charge in [0.15, 0.2) is 0 Å². The summed E-state index contributed by atoms with van der Waals surface area (Å²) in [7, 11) is 0. The van der Waals surface area contributed by atoms with Crippen LogP contribution in [0.25, 0.3) is 0 Å². The highest BCUT2D eigenvalue weighted by Gasteiger charge is 2.12. The van der Waals surface area contributed by atoms with Crippen molar-refractivity contribution in [3.05, 3.63) is 0 Å². The van der Waals surface area contributed by atoms with Crippen molar-refractivity contribution >= 4 is 5.97 Å². The van der Waals surface area contributed by atoms with Crippen molar-refractivity contribution in [2.45, 2.75) is 65.3 Å². The molecule has 0 saturated carbocycles. The maximum absolute atomic E-state index is 11.5. The number of nitrogens with one attached hydrogen (secondary N) is 1. The van der Waals surface area contributed by atoms with Crippen LogP contribution in [0.1, 0.15) is 59.3 Å². The van der Waals surface area contributed by atoms with Gasteiger partial charge in [-0.15, -0.1) is 0 Å². The minimum Gasteiger partial charge on any atom is -0.465 e. The molecular weight excluding hydrogens is 202 g/mol. The van der Waals surface area contributed by atoms with Gasteiger partial charge in [0, 0.05) is 0 Å². The summed E-state index contributed by atoms with van der Waals surface area (Å²) in [6.45, 7) is 7.64. The van der Waals surface area contributed by atoms with E-state index in [9.17, 15) is 4.79 Å². The molecule has 0 aromatic heterocycles. The lowest BCUT2D eigenvalue weighted by atomic mass is 10.2. The van der Waals surface area contributed by atoms with Gasteiger partial charge in [-0.3, -0.25) is 4.79 Å². The van der Waals surface area contributed by atoms with Gasteiger partial charge in [0.1, 0.15) is 6.04 Å². The van der Waals surface area contributed by atoms with E-state index in [-0.39, 0.29) is 12.0 Å². The molecular formula is C13H27NO2. The molecule has 0 heterocycles. The van der Waals surface area contributed by atoms with Crippen LogP contribution in [0.3, 0.4) is 0 Å². The summed E-state index contributed by atoms with van der Waals surface area (Å²) >= 11 is 0. The molecule has 0 aromatic rings. The highest BCUT2D eigenvalue weighted by atomic mass is 16.5. The molecule has 0 aliphatic heterocycles. The van der Waals surface area contributed by atoms with E-state index in [1.54, 1.807) is 0 Å². The fourth-order valence-electron chi connectivity index (χ4n) is 1.43.